The third kappa shape index (κ3) is 5.08. The van der Waals surface area contributed by atoms with E-state index in [0.29, 0.717) is 22.9 Å². The summed E-state index contributed by atoms with van der Waals surface area (Å²) in [5.74, 6) is 1.40. The van der Waals surface area contributed by atoms with E-state index in [1.807, 2.05) is 24.3 Å². The molecule has 0 aromatic heterocycles. The van der Waals surface area contributed by atoms with Gasteiger partial charge in [0.1, 0.15) is 0 Å². The fraction of sp³-hybridized carbons (Fsp3) is 0.250. The molecule has 37 heavy (non-hydrogen) atoms. The van der Waals surface area contributed by atoms with E-state index in [-0.39, 0.29) is 10.8 Å². The van der Waals surface area contributed by atoms with Crippen LogP contribution in [0.15, 0.2) is 107 Å². The molecule has 0 bridgehead atoms. The van der Waals surface area contributed by atoms with Crippen LogP contribution in [0.2, 0.25) is 0 Å². The van der Waals surface area contributed by atoms with Crippen LogP contribution < -0.4 is 16.3 Å². The van der Waals surface area contributed by atoms with Gasteiger partial charge in [0.15, 0.2) is 0 Å². The fourth-order valence-corrected chi connectivity index (χ4v) is 10.9. The summed E-state index contributed by atoms with van der Waals surface area (Å²) in [4.78, 5) is 0. The number of benzene rings is 4. The van der Waals surface area contributed by atoms with E-state index in [0.717, 1.165) is 8.79 Å². The standard InChI is InChI=1S/C32H34GeN2O2/c1-31(2,3)23-17-19-27-29(21-23)36-33(25-13-9-7-10-14-25,26-15-11-8-12-16-26)37-30-22-24(32(4,5)6)18-20-28(30)35-34-27/h7-22H,1-6H3/q-1. The Labute approximate surface area is 223 Å². The van der Waals surface area contributed by atoms with Crippen LogP contribution in [-0.4, -0.2) is 13.9 Å². The van der Waals surface area contributed by atoms with E-state index in [4.69, 9.17) is 7.53 Å². The molecule has 0 saturated heterocycles. The third-order valence-electron chi connectivity index (χ3n) is 6.73. The number of azo groups is 1. The fourth-order valence-electron chi connectivity index (χ4n) is 4.45. The SMILES string of the molecule is CC(C)(C)c1ccc2c(c1)[O][Ge-]([c]1ccccc1)([c]1ccccc1)[O]c1cc(C(C)(C)C)ccc1N=N2. The van der Waals surface area contributed by atoms with Gasteiger partial charge in [0.05, 0.1) is 0 Å². The molecule has 0 radical (unpaired) electrons. The van der Waals surface area contributed by atoms with E-state index < -0.39 is 13.9 Å². The molecule has 0 amide bonds. The van der Waals surface area contributed by atoms with Crippen LogP contribution in [0.1, 0.15) is 52.7 Å². The first-order valence-corrected chi connectivity index (χ1v) is 16.6. The molecule has 0 aliphatic carbocycles. The molecule has 0 fully saturated rings. The molecule has 189 valence electrons. The van der Waals surface area contributed by atoms with Crippen molar-refractivity contribution in [3.8, 4) is 11.5 Å². The van der Waals surface area contributed by atoms with Gasteiger partial charge in [0.2, 0.25) is 0 Å². The van der Waals surface area contributed by atoms with Gasteiger partial charge in [-0.15, -0.1) is 0 Å². The number of hydrogen-bond acceptors (Lipinski definition) is 4. The summed E-state index contributed by atoms with van der Waals surface area (Å²) < 4.78 is 16.5. The molecule has 4 aromatic carbocycles. The summed E-state index contributed by atoms with van der Waals surface area (Å²) in [7, 11) is 0. The quantitative estimate of drug-likeness (QED) is 0.240. The zero-order valence-corrected chi connectivity index (χ0v) is 24.5. The molecule has 1 aliphatic heterocycles. The van der Waals surface area contributed by atoms with Crippen molar-refractivity contribution in [3.63, 3.8) is 0 Å². The number of hydrogen-bond donors (Lipinski definition) is 0. The number of fused-ring (bicyclic) bond motifs is 2. The molecule has 5 rings (SSSR count). The maximum absolute atomic E-state index is 7.21. The van der Waals surface area contributed by atoms with Crippen LogP contribution in [0.3, 0.4) is 0 Å². The Hall–Kier alpha value is -3.38. The Bertz CT molecular complexity index is 1320. The van der Waals surface area contributed by atoms with Gasteiger partial charge in [-0.1, -0.05) is 0 Å². The summed E-state index contributed by atoms with van der Waals surface area (Å²) in [6.45, 7) is 13.2. The van der Waals surface area contributed by atoms with Gasteiger partial charge >= 0.3 is 224 Å². The first-order valence-electron chi connectivity index (χ1n) is 12.8. The van der Waals surface area contributed by atoms with Crippen LogP contribution in [0, 0.1) is 0 Å². The minimum atomic E-state index is -4.06. The molecular weight excluding hydrogens is 517 g/mol. The second-order valence-corrected chi connectivity index (χ2v) is 17.5. The normalized spacial score (nSPS) is 14.8. The Morgan fingerprint density at radius 2 is 0.892 bits per heavy atom. The van der Waals surface area contributed by atoms with Crippen LogP contribution in [0.25, 0.3) is 0 Å². The van der Waals surface area contributed by atoms with Crippen LogP contribution in [0.5, 0.6) is 11.5 Å². The molecular formula is C32H34GeN2O2-. The maximum atomic E-state index is 7.21. The summed E-state index contributed by atoms with van der Waals surface area (Å²) >= 11 is -4.06. The van der Waals surface area contributed by atoms with E-state index in [1.54, 1.807) is 0 Å². The molecule has 0 spiro atoms. The number of nitrogens with zero attached hydrogens (tertiary/aromatic N) is 2. The van der Waals surface area contributed by atoms with E-state index in [9.17, 15) is 0 Å². The Morgan fingerprint density at radius 3 is 1.24 bits per heavy atom. The van der Waals surface area contributed by atoms with Crippen molar-refractivity contribution in [2.75, 3.05) is 0 Å². The minimum absolute atomic E-state index is 0.0471. The van der Waals surface area contributed by atoms with Crippen LogP contribution >= 0.6 is 0 Å². The van der Waals surface area contributed by atoms with Crippen LogP contribution in [-0.2, 0) is 10.8 Å². The zero-order valence-electron chi connectivity index (χ0n) is 22.4. The van der Waals surface area contributed by atoms with E-state index in [1.165, 1.54) is 11.1 Å². The van der Waals surface area contributed by atoms with E-state index >= 15 is 0 Å². The Balaban J connectivity index is 1.83. The molecule has 0 atom stereocenters. The number of rotatable bonds is 2. The van der Waals surface area contributed by atoms with Gasteiger partial charge in [0.25, 0.3) is 0 Å². The van der Waals surface area contributed by atoms with Crippen molar-refractivity contribution in [1.82, 2.24) is 0 Å². The first-order chi connectivity index (χ1) is 17.6. The second-order valence-electron chi connectivity index (χ2n) is 11.6. The third-order valence-corrected chi connectivity index (χ3v) is 13.4. The Kier molecular flexibility index (Phi) is 6.49. The van der Waals surface area contributed by atoms with E-state index in [2.05, 4.69) is 125 Å². The van der Waals surface area contributed by atoms with Gasteiger partial charge < -0.3 is 0 Å². The molecule has 0 saturated carbocycles. The topological polar surface area (TPSA) is 43.2 Å². The zero-order chi connectivity index (χ0) is 26.3. The second kappa shape index (κ2) is 9.49. The van der Waals surface area contributed by atoms with Gasteiger partial charge in [-0.05, 0) is 0 Å². The predicted molar refractivity (Wildman–Crippen MR) is 154 cm³/mol. The molecule has 1 heterocycles. The molecule has 4 nitrogen and oxygen atoms in total. The summed E-state index contributed by atoms with van der Waals surface area (Å²) in [5, 5.41) is 9.33. The summed E-state index contributed by atoms with van der Waals surface area (Å²) in [5.41, 5.74) is 3.65. The Morgan fingerprint density at radius 1 is 0.514 bits per heavy atom. The average Bonchev–Trinajstić information content (AvgIpc) is 2.94. The van der Waals surface area contributed by atoms with Crippen molar-refractivity contribution < 1.29 is 7.53 Å². The summed E-state index contributed by atoms with van der Waals surface area (Å²) in [6, 6.07) is 33.2. The van der Waals surface area contributed by atoms with Crippen molar-refractivity contribution in [2.45, 2.75) is 52.4 Å². The van der Waals surface area contributed by atoms with Crippen molar-refractivity contribution in [3.05, 3.63) is 108 Å². The summed E-state index contributed by atoms with van der Waals surface area (Å²) in [6.07, 6.45) is 0. The first kappa shape index (κ1) is 25.3. The van der Waals surface area contributed by atoms with Gasteiger partial charge in [-0.3, -0.25) is 0 Å². The van der Waals surface area contributed by atoms with Crippen molar-refractivity contribution in [2.24, 2.45) is 10.2 Å². The molecule has 4 aromatic rings. The molecule has 0 unspecified atom stereocenters. The predicted octanol–water partition coefficient (Wildman–Crippen LogP) is 7.72. The van der Waals surface area contributed by atoms with Gasteiger partial charge in [0, 0.05) is 0 Å². The van der Waals surface area contributed by atoms with Gasteiger partial charge in [-0.25, -0.2) is 0 Å². The molecule has 0 N–H and O–H groups in total. The monoisotopic (exact) mass is 552 g/mol. The molecule has 5 heteroatoms. The van der Waals surface area contributed by atoms with Crippen LogP contribution in [0.4, 0.5) is 11.4 Å². The van der Waals surface area contributed by atoms with Gasteiger partial charge in [-0.2, -0.15) is 0 Å². The van der Waals surface area contributed by atoms with Crippen molar-refractivity contribution in [1.29, 1.82) is 0 Å². The van der Waals surface area contributed by atoms with Crippen molar-refractivity contribution >= 4 is 34.1 Å². The average molecular weight is 551 g/mol. The molecule has 1 aliphatic rings.